The molecule has 0 saturated heterocycles. The lowest BCUT2D eigenvalue weighted by Gasteiger charge is -2.41. The van der Waals surface area contributed by atoms with Crippen molar-refractivity contribution >= 4 is 11.6 Å². The van der Waals surface area contributed by atoms with Gasteiger partial charge in [-0.05, 0) is 38.0 Å². The van der Waals surface area contributed by atoms with E-state index in [0.29, 0.717) is 23.7 Å². The Labute approximate surface area is 113 Å². The van der Waals surface area contributed by atoms with Gasteiger partial charge in [0.25, 0.3) is 0 Å². The molecule has 1 aliphatic rings. The number of nitrogens with zero attached hydrogens (tertiary/aromatic N) is 2. The molecule has 18 heavy (non-hydrogen) atoms. The minimum atomic E-state index is -0.377. The van der Waals surface area contributed by atoms with Gasteiger partial charge in [-0.15, -0.1) is 11.6 Å². The van der Waals surface area contributed by atoms with E-state index in [4.69, 9.17) is 20.9 Å². The van der Waals surface area contributed by atoms with Crippen molar-refractivity contribution in [2.45, 2.75) is 57.9 Å². The zero-order valence-electron chi connectivity index (χ0n) is 11.3. The second-order valence-corrected chi connectivity index (χ2v) is 6.00. The first-order chi connectivity index (χ1) is 8.51. The van der Waals surface area contributed by atoms with Gasteiger partial charge in [-0.3, -0.25) is 0 Å². The summed E-state index contributed by atoms with van der Waals surface area (Å²) in [5, 5.41) is 4.05. The van der Waals surface area contributed by atoms with Crippen LogP contribution in [0.2, 0.25) is 0 Å². The van der Waals surface area contributed by atoms with Crippen LogP contribution in [0.4, 0.5) is 0 Å². The summed E-state index contributed by atoms with van der Waals surface area (Å²) in [5.74, 6) is 1.38. The molecule has 1 aromatic heterocycles. The van der Waals surface area contributed by atoms with Crippen LogP contribution in [0.5, 0.6) is 0 Å². The molecule has 0 aromatic carbocycles. The minimum Gasteiger partial charge on any atom is -0.367 e. The van der Waals surface area contributed by atoms with Crippen molar-refractivity contribution in [3.8, 4) is 0 Å². The van der Waals surface area contributed by atoms with Crippen molar-refractivity contribution in [3.05, 3.63) is 11.7 Å². The van der Waals surface area contributed by atoms with E-state index in [1.807, 2.05) is 6.92 Å². The van der Waals surface area contributed by atoms with Crippen molar-refractivity contribution in [2.75, 3.05) is 6.61 Å². The molecule has 1 heterocycles. The molecule has 0 atom stereocenters. The van der Waals surface area contributed by atoms with Gasteiger partial charge in [-0.1, -0.05) is 19.0 Å². The van der Waals surface area contributed by atoms with Crippen molar-refractivity contribution in [2.24, 2.45) is 5.41 Å². The lowest BCUT2D eigenvalue weighted by atomic mass is 9.70. The van der Waals surface area contributed by atoms with Crippen molar-refractivity contribution in [3.63, 3.8) is 0 Å². The quantitative estimate of drug-likeness (QED) is 0.785. The monoisotopic (exact) mass is 272 g/mol. The van der Waals surface area contributed by atoms with Crippen molar-refractivity contribution < 1.29 is 9.26 Å². The van der Waals surface area contributed by atoms with Gasteiger partial charge in [0.15, 0.2) is 0 Å². The second-order valence-electron chi connectivity index (χ2n) is 5.74. The Morgan fingerprint density at radius 3 is 2.44 bits per heavy atom. The fourth-order valence-corrected chi connectivity index (χ4v) is 2.64. The second kappa shape index (κ2) is 5.17. The third-order valence-electron chi connectivity index (χ3n) is 3.82. The Balaban J connectivity index is 2.22. The zero-order valence-corrected chi connectivity index (χ0v) is 12.1. The van der Waals surface area contributed by atoms with Gasteiger partial charge < -0.3 is 9.26 Å². The minimum absolute atomic E-state index is 0.251. The maximum absolute atomic E-state index is 5.98. The maximum atomic E-state index is 5.98. The molecule has 2 rings (SSSR count). The summed E-state index contributed by atoms with van der Waals surface area (Å²) in [5.41, 5.74) is -0.00225. The molecule has 0 aliphatic heterocycles. The van der Waals surface area contributed by atoms with Gasteiger partial charge in [-0.2, -0.15) is 4.98 Å². The normalized spacial score (nSPS) is 22.0. The van der Waals surface area contributed by atoms with Crippen LogP contribution >= 0.6 is 11.6 Å². The molecule has 1 fully saturated rings. The Hall–Kier alpha value is -0.610. The van der Waals surface area contributed by atoms with Crippen molar-refractivity contribution in [1.29, 1.82) is 0 Å². The lowest BCUT2D eigenvalue weighted by Crippen LogP contribution is -2.38. The summed E-state index contributed by atoms with van der Waals surface area (Å²) in [6.45, 7) is 7.25. The molecule has 0 bridgehead atoms. The third kappa shape index (κ3) is 2.69. The standard InChI is InChI=1S/C13H21ClN2O2/c1-4-17-13(7-5-12(2,3)6-8-13)11-15-10(9-14)18-16-11/h4-9H2,1-3H3. The van der Waals surface area contributed by atoms with E-state index in [1.54, 1.807) is 0 Å². The zero-order chi connectivity index (χ0) is 13.2. The smallest absolute Gasteiger partial charge is 0.241 e. The number of hydrogen-bond acceptors (Lipinski definition) is 4. The fraction of sp³-hybridized carbons (Fsp3) is 0.846. The Morgan fingerprint density at radius 2 is 1.94 bits per heavy atom. The molecule has 0 spiro atoms. The predicted molar refractivity (Wildman–Crippen MR) is 69.4 cm³/mol. The van der Waals surface area contributed by atoms with Gasteiger partial charge >= 0.3 is 0 Å². The maximum Gasteiger partial charge on any atom is 0.241 e. The average molecular weight is 273 g/mol. The molecule has 1 aliphatic carbocycles. The molecule has 5 heteroatoms. The van der Waals surface area contributed by atoms with Crippen LogP contribution in [-0.2, 0) is 16.2 Å². The van der Waals surface area contributed by atoms with E-state index in [1.165, 1.54) is 0 Å². The number of aromatic nitrogens is 2. The van der Waals surface area contributed by atoms with Crippen LogP contribution in [0.25, 0.3) is 0 Å². The summed E-state index contributed by atoms with van der Waals surface area (Å²) < 4.78 is 11.1. The van der Waals surface area contributed by atoms with Crippen LogP contribution in [0.15, 0.2) is 4.52 Å². The molecule has 1 saturated carbocycles. The first-order valence-corrected chi connectivity index (χ1v) is 7.08. The highest BCUT2D eigenvalue weighted by Gasteiger charge is 2.43. The molecule has 1 aromatic rings. The van der Waals surface area contributed by atoms with Crippen LogP contribution in [0.3, 0.4) is 0 Å². The largest absolute Gasteiger partial charge is 0.367 e. The highest BCUT2D eigenvalue weighted by atomic mass is 35.5. The number of alkyl halides is 1. The summed E-state index contributed by atoms with van der Waals surface area (Å²) in [6.07, 6.45) is 4.10. The number of halogens is 1. The van der Waals surface area contributed by atoms with Gasteiger partial charge in [-0.25, -0.2) is 0 Å². The topological polar surface area (TPSA) is 48.2 Å². The summed E-state index contributed by atoms with van der Waals surface area (Å²) in [4.78, 5) is 4.36. The number of hydrogen-bond donors (Lipinski definition) is 0. The SMILES string of the molecule is CCOC1(c2noc(CCl)n2)CCC(C)(C)CC1. The first-order valence-electron chi connectivity index (χ1n) is 6.54. The molecule has 4 nitrogen and oxygen atoms in total. The molecule has 102 valence electrons. The average Bonchev–Trinajstić information content (AvgIpc) is 2.82. The first kappa shape index (κ1) is 13.8. The van der Waals surface area contributed by atoms with Crippen molar-refractivity contribution in [1.82, 2.24) is 10.1 Å². The molecule has 0 amide bonds. The van der Waals surface area contributed by atoms with Crippen LogP contribution in [0.1, 0.15) is 58.2 Å². The Morgan fingerprint density at radius 1 is 1.28 bits per heavy atom. The van der Waals surface area contributed by atoms with E-state index in [2.05, 4.69) is 24.0 Å². The predicted octanol–water partition coefficient (Wildman–Crippen LogP) is 3.64. The molecular weight excluding hydrogens is 252 g/mol. The van der Waals surface area contributed by atoms with E-state index in [0.717, 1.165) is 25.7 Å². The van der Waals surface area contributed by atoms with Crippen LogP contribution in [-0.4, -0.2) is 16.7 Å². The van der Waals surface area contributed by atoms with Gasteiger partial charge in [0.05, 0.1) is 0 Å². The van der Waals surface area contributed by atoms with E-state index in [9.17, 15) is 0 Å². The molecule has 0 N–H and O–H groups in total. The van der Waals surface area contributed by atoms with E-state index in [-0.39, 0.29) is 11.5 Å². The highest BCUT2D eigenvalue weighted by Crippen LogP contribution is 2.46. The van der Waals surface area contributed by atoms with Crippen LogP contribution < -0.4 is 0 Å². The molecule has 0 unspecified atom stereocenters. The summed E-state index contributed by atoms with van der Waals surface area (Å²) >= 11 is 5.71. The van der Waals surface area contributed by atoms with E-state index < -0.39 is 0 Å². The molecular formula is C13H21ClN2O2. The lowest BCUT2D eigenvalue weighted by molar-refractivity contribution is -0.0957. The van der Waals surface area contributed by atoms with Gasteiger partial charge in [0, 0.05) is 6.61 Å². The highest BCUT2D eigenvalue weighted by molar-refractivity contribution is 6.16. The Kier molecular flexibility index (Phi) is 3.97. The summed E-state index contributed by atoms with van der Waals surface area (Å²) in [7, 11) is 0. The number of ether oxygens (including phenoxy) is 1. The van der Waals surface area contributed by atoms with E-state index >= 15 is 0 Å². The fourth-order valence-electron chi connectivity index (χ4n) is 2.53. The molecule has 0 radical (unpaired) electrons. The number of rotatable bonds is 4. The summed E-state index contributed by atoms with van der Waals surface area (Å²) in [6, 6.07) is 0. The van der Waals surface area contributed by atoms with Gasteiger partial charge in [0.2, 0.25) is 11.7 Å². The Bertz CT molecular complexity index is 393. The van der Waals surface area contributed by atoms with Gasteiger partial charge in [0.1, 0.15) is 11.5 Å². The third-order valence-corrected chi connectivity index (χ3v) is 4.05. The van der Waals surface area contributed by atoms with Crippen LogP contribution in [0, 0.1) is 5.41 Å².